The van der Waals surface area contributed by atoms with Crippen molar-refractivity contribution in [3.05, 3.63) is 46.6 Å². The third-order valence-corrected chi connectivity index (χ3v) is 44.7. The maximum absolute atomic E-state index is 8.80. The minimum atomic E-state index is -3.47. The monoisotopic (exact) mass is 1020 g/mol. The van der Waals surface area contributed by atoms with Crippen molar-refractivity contribution < 1.29 is 20.6 Å². The lowest BCUT2D eigenvalue weighted by molar-refractivity contribution is 0.140. The molecule has 0 aromatic heterocycles. The Morgan fingerprint density at radius 1 is 0.328 bits per heavy atom. The van der Waals surface area contributed by atoms with E-state index >= 15 is 0 Å². The van der Waals surface area contributed by atoms with Crippen molar-refractivity contribution in [2.45, 2.75) is 255 Å². The molecule has 10 rings (SSSR count). The summed E-state index contributed by atoms with van der Waals surface area (Å²) in [7, 11) is -16.2. The second kappa shape index (κ2) is 20.4. The largest absolute Gasteiger partial charge is 0.475 e. The van der Waals surface area contributed by atoms with E-state index in [1.807, 2.05) is 0 Å². The van der Waals surface area contributed by atoms with Gasteiger partial charge in [0, 0.05) is 11.1 Å². The van der Waals surface area contributed by atoms with Gasteiger partial charge in [0.05, 0.1) is 0 Å². The van der Waals surface area contributed by atoms with Crippen LogP contribution < -0.4 is 0 Å². The zero-order valence-corrected chi connectivity index (χ0v) is 50.3. The predicted octanol–water partition coefficient (Wildman–Crippen LogP) is 17.4. The van der Waals surface area contributed by atoms with Crippen molar-refractivity contribution >= 4 is 50.9 Å². The quantitative estimate of drug-likeness (QED) is 0.0712. The number of rotatable bonds is 24. The molecule has 0 aliphatic heterocycles. The maximum Gasteiger partial charge on any atom is 0.475 e. The van der Waals surface area contributed by atoms with Crippen molar-refractivity contribution in [2.24, 2.45) is 47.3 Å². The molecule has 10 aliphatic rings. The predicted molar refractivity (Wildman–Crippen MR) is 294 cm³/mol. The molecule has 10 aliphatic carbocycles. The summed E-state index contributed by atoms with van der Waals surface area (Å²) in [5, 5.41) is 0. The van der Waals surface area contributed by atoms with Gasteiger partial charge < -0.3 is 20.6 Å². The normalized spacial score (nSPS) is 32.5. The Bertz CT molecular complexity index is 1630. The highest BCUT2D eigenvalue weighted by molar-refractivity contribution is 6.94. The number of hydrogen-bond acceptors (Lipinski definition) is 5. The van der Waals surface area contributed by atoms with E-state index in [9.17, 15) is 0 Å². The van der Waals surface area contributed by atoms with Crippen LogP contribution in [0.15, 0.2) is 46.6 Å². The third kappa shape index (κ3) is 12.0. The zero-order valence-electron chi connectivity index (χ0n) is 44.3. The summed E-state index contributed by atoms with van der Waals surface area (Å²) < 4.78 is 42.4. The molecule has 0 amide bonds. The highest BCUT2D eigenvalue weighted by atomic mass is 28.5. The standard InChI is InChI=1S/C56H98O5Si6/c1-62(2,31-27-51-39-43-19-23-47(51)35-43)57-66(55-15-11-9-12-16-55,58-63(3,4)32-28-52-40-44-20-24-48(52)36-44)61-67(56-17-13-10-14-18-56,59-64(5,6)33-29-53-41-45-21-25-49(53)37-45)60-65(7,8)34-30-54-42-46-22-26-50(54)38-46/h39-50,55-56H,9-38H2,1-8H3/t43-,44-,45+,46+,47+,48+,49-,50-. The number of hydrogen-bond donors (Lipinski definition) is 0. The van der Waals surface area contributed by atoms with E-state index in [-0.39, 0.29) is 0 Å². The van der Waals surface area contributed by atoms with E-state index in [0.29, 0.717) is 11.1 Å². The van der Waals surface area contributed by atoms with Crippen LogP contribution in [0, 0.1) is 47.3 Å². The summed E-state index contributed by atoms with van der Waals surface area (Å²) >= 11 is 0. The van der Waals surface area contributed by atoms with Gasteiger partial charge in [-0.3, -0.25) is 0 Å². The van der Waals surface area contributed by atoms with Crippen molar-refractivity contribution in [3.63, 3.8) is 0 Å². The first-order chi connectivity index (χ1) is 31.9. The zero-order chi connectivity index (χ0) is 46.7. The van der Waals surface area contributed by atoms with E-state index < -0.39 is 50.9 Å². The first-order valence-electron chi connectivity index (χ1n) is 29.3. The van der Waals surface area contributed by atoms with Crippen molar-refractivity contribution in [1.82, 2.24) is 0 Å². The second-order valence-corrected chi connectivity index (χ2v) is 51.7. The Balaban J connectivity index is 1.03. The molecule has 5 nitrogen and oxygen atoms in total. The molecular formula is C56H98O5Si6. The molecule has 6 saturated carbocycles. The highest BCUT2D eigenvalue weighted by Crippen LogP contribution is 2.54. The van der Waals surface area contributed by atoms with Crippen LogP contribution in [0.1, 0.15) is 167 Å². The van der Waals surface area contributed by atoms with Gasteiger partial charge >= 0.3 is 17.6 Å². The SMILES string of the molecule is C[Si](C)(CCC1=C[C@H]2CC[C@@H]1C2)O[Si](O[Si](C)(C)CCC1=C[C@H]2CC[C@@H]1C2)(O[Si](O[Si](C)(C)CCC1=C[C@@H]2CC[C@H]1C2)(O[Si](C)(C)CCC1=C[C@@H]2CC[C@H]1C2)C1CCCCC1)C1CCCCC1. The maximum atomic E-state index is 8.80. The lowest BCUT2D eigenvalue weighted by atomic mass is 9.97. The van der Waals surface area contributed by atoms with Gasteiger partial charge in [0.2, 0.25) is 0 Å². The first-order valence-corrected chi connectivity index (χ1v) is 45.3. The van der Waals surface area contributed by atoms with E-state index in [2.05, 4.69) is 76.7 Å². The van der Waals surface area contributed by atoms with Crippen LogP contribution >= 0.6 is 0 Å². The molecule has 0 aromatic rings. The van der Waals surface area contributed by atoms with Gasteiger partial charge in [-0.2, -0.15) is 0 Å². The first kappa shape index (κ1) is 50.6. The summed E-state index contributed by atoms with van der Waals surface area (Å²) in [6.07, 6.45) is 44.9. The minimum absolute atomic E-state index is 0.332. The topological polar surface area (TPSA) is 46.2 Å². The fraction of sp³-hybridized carbons (Fsp3) is 0.857. The Hall–Kier alpha value is 0.0613. The Labute approximate surface area is 417 Å². The molecule has 0 N–H and O–H groups in total. The summed E-state index contributed by atoms with van der Waals surface area (Å²) in [5.74, 6) is 6.64. The number of fused-ring (bicyclic) bond motifs is 8. The molecule has 8 bridgehead atoms. The second-order valence-electron chi connectivity index (χ2n) is 27.5. The molecule has 0 spiro atoms. The van der Waals surface area contributed by atoms with Gasteiger partial charge in [0.25, 0.3) is 0 Å². The van der Waals surface area contributed by atoms with Crippen molar-refractivity contribution in [3.8, 4) is 0 Å². The van der Waals surface area contributed by atoms with E-state index in [0.717, 1.165) is 47.3 Å². The van der Waals surface area contributed by atoms with Gasteiger partial charge in [0.1, 0.15) is 0 Å². The summed E-state index contributed by atoms with van der Waals surface area (Å²) in [4.78, 5) is 0. The van der Waals surface area contributed by atoms with Gasteiger partial charge in [-0.15, -0.1) is 0 Å². The Morgan fingerprint density at radius 2 is 0.582 bits per heavy atom. The lowest BCUT2D eigenvalue weighted by Gasteiger charge is -2.53. The molecule has 0 aromatic carbocycles. The summed E-state index contributed by atoms with van der Waals surface area (Å²) in [6, 6.07) is 4.68. The van der Waals surface area contributed by atoms with E-state index in [4.69, 9.17) is 20.6 Å². The van der Waals surface area contributed by atoms with E-state index in [1.165, 1.54) is 191 Å². The van der Waals surface area contributed by atoms with Crippen LogP contribution in [0.5, 0.6) is 0 Å². The van der Waals surface area contributed by atoms with Crippen LogP contribution in [0.4, 0.5) is 0 Å². The van der Waals surface area contributed by atoms with Crippen LogP contribution in [0.2, 0.25) is 87.6 Å². The minimum Gasteiger partial charge on any atom is -0.416 e. The fourth-order valence-electron chi connectivity index (χ4n) is 16.2. The average Bonchev–Trinajstić information content (AvgIpc) is 4.17. The molecular weight excluding hydrogens is 921 g/mol. The van der Waals surface area contributed by atoms with Gasteiger partial charge in [-0.05, 0) is 252 Å². The van der Waals surface area contributed by atoms with Crippen LogP contribution in [-0.2, 0) is 20.6 Å². The average molecular weight is 1020 g/mol. The molecule has 376 valence electrons. The summed E-state index contributed by atoms with van der Waals surface area (Å²) in [6.45, 7) is 20.6. The molecule has 0 heterocycles. The van der Waals surface area contributed by atoms with Crippen LogP contribution in [-0.4, -0.2) is 50.9 Å². The Morgan fingerprint density at radius 3 is 0.791 bits per heavy atom. The van der Waals surface area contributed by atoms with Crippen LogP contribution in [0.25, 0.3) is 0 Å². The molecule has 11 heteroatoms. The molecule has 0 radical (unpaired) electrons. The van der Waals surface area contributed by atoms with Gasteiger partial charge in [-0.1, -0.05) is 85.1 Å². The number of allylic oxidation sites excluding steroid dienone is 8. The third-order valence-electron chi connectivity index (χ3n) is 20.0. The smallest absolute Gasteiger partial charge is 0.416 e. The molecule has 6 fully saturated rings. The van der Waals surface area contributed by atoms with Gasteiger partial charge in [0.15, 0.2) is 33.3 Å². The van der Waals surface area contributed by atoms with E-state index in [1.54, 1.807) is 22.3 Å². The highest BCUT2D eigenvalue weighted by Gasteiger charge is 2.66. The molecule has 0 unspecified atom stereocenters. The fourth-order valence-corrected chi connectivity index (χ4v) is 44.8. The van der Waals surface area contributed by atoms with Crippen molar-refractivity contribution in [2.75, 3.05) is 0 Å². The molecule has 0 saturated heterocycles. The molecule has 8 atom stereocenters. The lowest BCUT2D eigenvalue weighted by Crippen LogP contribution is -2.71. The van der Waals surface area contributed by atoms with Gasteiger partial charge in [-0.25, -0.2) is 0 Å². The molecule has 67 heavy (non-hydrogen) atoms. The van der Waals surface area contributed by atoms with Crippen LogP contribution in [0.3, 0.4) is 0 Å². The summed E-state index contributed by atoms with van der Waals surface area (Å²) in [5.41, 5.74) is 7.70. The van der Waals surface area contributed by atoms with Crippen molar-refractivity contribution in [1.29, 1.82) is 0 Å². The Kier molecular flexibility index (Phi) is 15.4.